The van der Waals surface area contributed by atoms with Crippen LogP contribution in [-0.4, -0.2) is 23.1 Å². The molecule has 1 aromatic heterocycles. The second-order valence-corrected chi connectivity index (χ2v) is 6.06. The van der Waals surface area contributed by atoms with Crippen LogP contribution < -0.4 is 16.6 Å². The molecule has 1 heterocycles. The first kappa shape index (κ1) is 15.0. The molecule has 0 saturated heterocycles. The summed E-state index contributed by atoms with van der Waals surface area (Å²) in [5, 5.41) is 3.54. The molecule has 0 aliphatic heterocycles. The smallest absolute Gasteiger partial charge is 0.158 e. The SMILES string of the molecule is COCc1nc(NN)cc(NC2CCCCC2(C)C)n1. The normalized spacial score (nSPS) is 21.5. The van der Waals surface area contributed by atoms with Crippen molar-refractivity contribution >= 4 is 11.6 Å². The van der Waals surface area contributed by atoms with E-state index in [1.807, 2.05) is 6.07 Å². The molecule has 0 spiro atoms. The van der Waals surface area contributed by atoms with Crippen LogP contribution in [0.5, 0.6) is 0 Å². The molecule has 20 heavy (non-hydrogen) atoms. The van der Waals surface area contributed by atoms with Crippen LogP contribution in [0.1, 0.15) is 45.4 Å². The van der Waals surface area contributed by atoms with Crippen molar-refractivity contribution in [3.8, 4) is 0 Å². The molecule has 2 rings (SSSR count). The third-order valence-corrected chi connectivity index (χ3v) is 4.02. The van der Waals surface area contributed by atoms with E-state index in [0.29, 0.717) is 24.3 Å². The first-order chi connectivity index (χ1) is 9.55. The number of ether oxygens (including phenoxy) is 1. The zero-order valence-electron chi connectivity index (χ0n) is 12.6. The second-order valence-electron chi connectivity index (χ2n) is 6.06. The zero-order chi connectivity index (χ0) is 14.6. The van der Waals surface area contributed by atoms with Gasteiger partial charge >= 0.3 is 0 Å². The summed E-state index contributed by atoms with van der Waals surface area (Å²) in [7, 11) is 1.63. The number of nitrogens with zero attached hydrogens (tertiary/aromatic N) is 2. The van der Waals surface area contributed by atoms with Crippen LogP contribution in [0.4, 0.5) is 11.6 Å². The topological polar surface area (TPSA) is 85.1 Å². The summed E-state index contributed by atoms with van der Waals surface area (Å²) in [6, 6.07) is 2.26. The summed E-state index contributed by atoms with van der Waals surface area (Å²) in [5.74, 6) is 7.49. The molecule has 0 amide bonds. The van der Waals surface area contributed by atoms with Gasteiger partial charge in [-0.3, -0.25) is 0 Å². The minimum absolute atomic E-state index is 0.279. The number of hydrogen-bond acceptors (Lipinski definition) is 6. The fourth-order valence-corrected chi connectivity index (χ4v) is 2.78. The highest BCUT2D eigenvalue weighted by Gasteiger charge is 2.32. The first-order valence-corrected chi connectivity index (χ1v) is 7.15. The molecule has 112 valence electrons. The Morgan fingerprint density at radius 3 is 2.75 bits per heavy atom. The van der Waals surface area contributed by atoms with E-state index in [1.165, 1.54) is 25.7 Å². The minimum Gasteiger partial charge on any atom is -0.377 e. The zero-order valence-corrected chi connectivity index (χ0v) is 12.6. The molecule has 6 heteroatoms. The van der Waals surface area contributed by atoms with Crippen LogP contribution in [0.15, 0.2) is 6.07 Å². The number of nitrogens with two attached hydrogens (primary N) is 1. The van der Waals surface area contributed by atoms with Gasteiger partial charge in [0.2, 0.25) is 0 Å². The summed E-state index contributed by atoms with van der Waals surface area (Å²) in [6.45, 7) is 4.99. The van der Waals surface area contributed by atoms with Gasteiger partial charge in [0.15, 0.2) is 5.82 Å². The van der Waals surface area contributed by atoms with Gasteiger partial charge in [-0.25, -0.2) is 15.8 Å². The van der Waals surface area contributed by atoms with Gasteiger partial charge in [0.1, 0.15) is 18.2 Å². The van der Waals surface area contributed by atoms with E-state index in [2.05, 4.69) is 34.6 Å². The molecule has 1 fully saturated rings. The first-order valence-electron chi connectivity index (χ1n) is 7.15. The molecule has 1 aliphatic rings. The lowest BCUT2D eigenvalue weighted by Crippen LogP contribution is -2.39. The third kappa shape index (κ3) is 3.58. The maximum Gasteiger partial charge on any atom is 0.158 e. The fraction of sp³-hybridized carbons (Fsp3) is 0.714. The Balaban J connectivity index is 2.17. The summed E-state index contributed by atoms with van der Waals surface area (Å²) in [5.41, 5.74) is 2.86. The predicted octanol–water partition coefficient (Wildman–Crippen LogP) is 2.29. The monoisotopic (exact) mass is 279 g/mol. The van der Waals surface area contributed by atoms with Crippen molar-refractivity contribution in [2.24, 2.45) is 11.3 Å². The number of hydrogen-bond donors (Lipinski definition) is 3. The molecule has 6 nitrogen and oxygen atoms in total. The van der Waals surface area contributed by atoms with Crippen molar-refractivity contribution in [1.29, 1.82) is 0 Å². The summed E-state index contributed by atoms with van der Waals surface area (Å²) in [4.78, 5) is 8.75. The van der Waals surface area contributed by atoms with Gasteiger partial charge in [-0.15, -0.1) is 0 Å². The van der Waals surface area contributed by atoms with Crippen LogP contribution in [0.3, 0.4) is 0 Å². The summed E-state index contributed by atoms with van der Waals surface area (Å²) in [6.07, 6.45) is 4.98. The third-order valence-electron chi connectivity index (χ3n) is 4.02. The molecule has 0 bridgehead atoms. The number of aromatic nitrogens is 2. The maximum absolute atomic E-state index is 5.46. The Bertz CT molecular complexity index is 449. The van der Waals surface area contributed by atoms with E-state index in [9.17, 15) is 0 Å². The van der Waals surface area contributed by atoms with E-state index < -0.39 is 0 Å². The molecule has 1 unspecified atom stereocenters. The van der Waals surface area contributed by atoms with Crippen molar-refractivity contribution in [2.45, 2.75) is 52.2 Å². The quantitative estimate of drug-likeness (QED) is 0.566. The van der Waals surface area contributed by atoms with Crippen molar-refractivity contribution in [3.05, 3.63) is 11.9 Å². The lowest BCUT2D eigenvalue weighted by molar-refractivity contribution is 0.178. The number of rotatable bonds is 5. The largest absolute Gasteiger partial charge is 0.377 e. The van der Waals surface area contributed by atoms with E-state index >= 15 is 0 Å². The van der Waals surface area contributed by atoms with Gasteiger partial charge in [0, 0.05) is 19.2 Å². The molecular weight excluding hydrogens is 254 g/mol. The Morgan fingerprint density at radius 1 is 1.35 bits per heavy atom. The summed E-state index contributed by atoms with van der Waals surface area (Å²) >= 11 is 0. The van der Waals surface area contributed by atoms with Crippen molar-refractivity contribution in [3.63, 3.8) is 0 Å². The maximum atomic E-state index is 5.46. The van der Waals surface area contributed by atoms with Gasteiger partial charge in [-0.1, -0.05) is 26.7 Å². The molecule has 1 saturated carbocycles. The van der Waals surface area contributed by atoms with Crippen LogP contribution in [0.25, 0.3) is 0 Å². The Morgan fingerprint density at radius 2 is 2.10 bits per heavy atom. The Labute approximate surface area is 120 Å². The molecule has 1 atom stereocenters. The lowest BCUT2D eigenvalue weighted by atomic mass is 9.73. The Hall–Kier alpha value is -1.40. The number of hydrazine groups is 1. The predicted molar refractivity (Wildman–Crippen MR) is 80.2 cm³/mol. The van der Waals surface area contributed by atoms with Crippen molar-refractivity contribution in [1.82, 2.24) is 9.97 Å². The average Bonchev–Trinajstić information content (AvgIpc) is 2.41. The minimum atomic E-state index is 0.279. The number of anilines is 2. The molecule has 1 aromatic rings. The number of nitrogen functional groups attached to an aromatic ring is 1. The van der Waals surface area contributed by atoms with E-state index in [0.717, 1.165) is 5.82 Å². The lowest BCUT2D eigenvalue weighted by Gasteiger charge is -2.39. The highest BCUT2D eigenvalue weighted by atomic mass is 16.5. The molecular formula is C14H25N5O. The van der Waals surface area contributed by atoms with Gasteiger partial charge < -0.3 is 15.5 Å². The number of methoxy groups -OCH3 is 1. The van der Waals surface area contributed by atoms with Crippen LogP contribution in [0, 0.1) is 5.41 Å². The van der Waals surface area contributed by atoms with Gasteiger partial charge in [-0.05, 0) is 18.3 Å². The van der Waals surface area contributed by atoms with Gasteiger partial charge in [0.05, 0.1) is 0 Å². The highest BCUT2D eigenvalue weighted by Crippen LogP contribution is 2.37. The van der Waals surface area contributed by atoms with Gasteiger partial charge in [-0.2, -0.15) is 0 Å². The van der Waals surface area contributed by atoms with Crippen LogP contribution in [0.2, 0.25) is 0 Å². The fourth-order valence-electron chi connectivity index (χ4n) is 2.78. The van der Waals surface area contributed by atoms with Crippen molar-refractivity contribution in [2.75, 3.05) is 17.9 Å². The Kier molecular flexibility index (Phi) is 4.77. The average molecular weight is 279 g/mol. The summed E-state index contributed by atoms with van der Waals surface area (Å²) < 4.78 is 5.09. The highest BCUT2D eigenvalue weighted by molar-refractivity contribution is 5.47. The standard InChI is InChI=1S/C14H25N5O/c1-14(2)7-5-4-6-10(14)16-11-8-12(19-15)18-13(17-11)9-20-3/h8,10H,4-7,9,15H2,1-3H3,(H2,16,17,18,19). The van der Waals surface area contributed by atoms with E-state index in [1.54, 1.807) is 7.11 Å². The molecule has 0 aromatic carbocycles. The molecule has 1 aliphatic carbocycles. The van der Waals surface area contributed by atoms with E-state index in [-0.39, 0.29) is 5.41 Å². The second kappa shape index (κ2) is 6.37. The molecule has 0 radical (unpaired) electrons. The van der Waals surface area contributed by atoms with Crippen LogP contribution >= 0.6 is 0 Å². The number of nitrogens with one attached hydrogen (secondary N) is 2. The van der Waals surface area contributed by atoms with Crippen molar-refractivity contribution < 1.29 is 4.74 Å². The van der Waals surface area contributed by atoms with Crippen LogP contribution in [-0.2, 0) is 11.3 Å². The van der Waals surface area contributed by atoms with Gasteiger partial charge in [0.25, 0.3) is 0 Å². The molecule has 4 N–H and O–H groups in total. The van der Waals surface area contributed by atoms with E-state index in [4.69, 9.17) is 10.6 Å².